The number of benzene rings is 2. The van der Waals surface area contributed by atoms with Crippen LogP contribution in [0.15, 0.2) is 42.5 Å². The molecule has 7 nitrogen and oxygen atoms in total. The van der Waals surface area contributed by atoms with Crippen molar-refractivity contribution in [3.8, 4) is 10.6 Å². The number of aromatic nitrogens is 2. The third kappa shape index (κ3) is 6.05. The molecule has 0 fully saturated rings. The molecule has 0 saturated carbocycles. The zero-order chi connectivity index (χ0) is 23.3. The third-order valence-electron chi connectivity index (χ3n) is 5.27. The fraction of sp³-hybridized carbons (Fsp3) is 0.304. The van der Waals surface area contributed by atoms with Crippen LogP contribution in [0.3, 0.4) is 0 Å². The van der Waals surface area contributed by atoms with Gasteiger partial charge in [0.15, 0.2) is 0 Å². The van der Waals surface area contributed by atoms with Gasteiger partial charge in [-0.15, -0.1) is 10.2 Å². The van der Waals surface area contributed by atoms with Gasteiger partial charge in [0, 0.05) is 16.3 Å². The van der Waals surface area contributed by atoms with Crippen LogP contribution < -0.4 is 16.0 Å². The number of rotatable bonds is 7. The number of carbonyl (C=O) groups is 2. The van der Waals surface area contributed by atoms with Crippen LogP contribution in [-0.2, 0) is 4.79 Å². The van der Waals surface area contributed by atoms with E-state index in [0.717, 1.165) is 16.7 Å². The van der Waals surface area contributed by atoms with E-state index in [9.17, 15) is 9.59 Å². The van der Waals surface area contributed by atoms with Crippen molar-refractivity contribution in [1.29, 1.82) is 0 Å². The Morgan fingerprint density at radius 2 is 1.84 bits per heavy atom. The van der Waals surface area contributed by atoms with Gasteiger partial charge in [-0.1, -0.05) is 61.4 Å². The lowest BCUT2D eigenvalue weighted by Crippen LogP contribution is -2.49. The summed E-state index contributed by atoms with van der Waals surface area (Å²) in [5, 5.41) is 18.2. The number of nitrogens with one attached hydrogen (secondary N) is 3. The predicted molar refractivity (Wildman–Crippen MR) is 130 cm³/mol. The van der Waals surface area contributed by atoms with E-state index in [0.29, 0.717) is 27.3 Å². The van der Waals surface area contributed by atoms with Crippen LogP contribution in [0.4, 0.5) is 15.6 Å². The maximum atomic E-state index is 13.0. The Hall–Kier alpha value is -2.97. The fourth-order valence-corrected chi connectivity index (χ4v) is 3.96. The van der Waals surface area contributed by atoms with E-state index in [4.69, 9.17) is 11.6 Å². The van der Waals surface area contributed by atoms with Gasteiger partial charge < -0.3 is 10.6 Å². The number of hydrogen-bond acceptors (Lipinski definition) is 5. The van der Waals surface area contributed by atoms with E-state index >= 15 is 0 Å². The SMILES string of the molecule is CC[C@@H](C)[C@H](NC(=O)Nc1ccc(C)c(C)c1)C(=O)Nc1nnc(-c2cccc(Cl)c2)s1. The van der Waals surface area contributed by atoms with Crippen LogP contribution in [0.25, 0.3) is 10.6 Å². The highest BCUT2D eigenvalue weighted by atomic mass is 35.5. The summed E-state index contributed by atoms with van der Waals surface area (Å²) < 4.78 is 0. The van der Waals surface area contributed by atoms with Gasteiger partial charge in [-0.25, -0.2) is 4.79 Å². The standard InChI is InChI=1S/C23H26ClN5O2S/c1-5-13(2)19(26-22(31)25-18-10-9-14(3)15(4)11-18)20(30)27-23-29-28-21(32-23)16-7-6-8-17(24)12-16/h6-13,19H,5H2,1-4H3,(H2,25,26,31)(H,27,29,30)/t13-,19+/m1/s1. The minimum absolute atomic E-state index is 0.0826. The van der Waals surface area contributed by atoms with Crippen molar-refractivity contribution in [2.24, 2.45) is 5.92 Å². The van der Waals surface area contributed by atoms with Crippen molar-refractivity contribution in [2.45, 2.75) is 40.2 Å². The largest absolute Gasteiger partial charge is 0.326 e. The number of anilines is 2. The zero-order valence-corrected chi connectivity index (χ0v) is 20.0. The molecule has 2 aromatic carbocycles. The number of aryl methyl sites for hydroxylation is 2. The molecule has 0 aliphatic rings. The third-order valence-corrected chi connectivity index (χ3v) is 6.40. The average molecular weight is 472 g/mol. The first-order chi connectivity index (χ1) is 15.3. The number of halogens is 1. The summed E-state index contributed by atoms with van der Waals surface area (Å²) >= 11 is 7.28. The van der Waals surface area contributed by atoms with Crippen molar-refractivity contribution in [2.75, 3.05) is 10.6 Å². The van der Waals surface area contributed by atoms with Gasteiger partial charge >= 0.3 is 6.03 Å². The first-order valence-corrected chi connectivity index (χ1v) is 11.5. The fourth-order valence-electron chi connectivity index (χ4n) is 3.02. The molecular weight excluding hydrogens is 446 g/mol. The molecule has 2 atom stereocenters. The number of carbonyl (C=O) groups excluding carboxylic acids is 2. The van der Waals surface area contributed by atoms with Crippen molar-refractivity contribution in [3.05, 3.63) is 58.6 Å². The van der Waals surface area contributed by atoms with E-state index in [1.54, 1.807) is 12.1 Å². The molecule has 0 spiro atoms. The first kappa shape index (κ1) is 23.7. The highest BCUT2D eigenvalue weighted by Crippen LogP contribution is 2.28. The van der Waals surface area contributed by atoms with E-state index in [-0.39, 0.29) is 11.8 Å². The van der Waals surface area contributed by atoms with Crippen LogP contribution in [-0.4, -0.2) is 28.2 Å². The normalized spacial score (nSPS) is 12.7. The molecule has 168 valence electrons. The van der Waals surface area contributed by atoms with E-state index in [1.165, 1.54) is 11.3 Å². The van der Waals surface area contributed by atoms with Crippen molar-refractivity contribution < 1.29 is 9.59 Å². The van der Waals surface area contributed by atoms with Gasteiger partial charge in [0.2, 0.25) is 11.0 Å². The second-order valence-corrected chi connectivity index (χ2v) is 9.09. The van der Waals surface area contributed by atoms with Gasteiger partial charge in [0.05, 0.1) is 0 Å². The zero-order valence-electron chi connectivity index (χ0n) is 18.4. The predicted octanol–water partition coefficient (Wildman–Crippen LogP) is 5.65. The van der Waals surface area contributed by atoms with Crippen LogP contribution in [0.2, 0.25) is 5.02 Å². The minimum Gasteiger partial charge on any atom is -0.326 e. The van der Waals surface area contributed by atoms with Crippen molar-refractivity contribution in [1.82, 2.24) is 15.5 Å². The van der Waals surface area contributed by atoms with E-state index in [2.05, 4.69) is 26.1 Å². The summed E-state index contributed by atoms with van der Waals surface area (Å²) in [6, 6.07) is 11.8. The molecule has 1 aromatic heterocycles. The molecule has 0 bridgehead atoms. The number of nitrogens with zero attached hydrogens (tertiary/aromatic N) is 2. The average Bonchev–Trinajstić information content (AvgIpc) is 3.22. The molecular formula is C23H26ClN5O2S. The maximum absolute atomic E-state index is 13.0. The number of hydrogen-bond donors (Lipinski definition) is 3. The monoisotopic (exact) mass is 471 g/mol. The second-order valence-electron chi connectivity index (χ2n) is 7.67. The van der Waals surface area contributed by atoms with Crippen LogP contribution >= 0.6 is 22.9 Å². The Labute approximate surface area is 196 Å². The first-order valence-electron chi connectivity index (χ1n) is 10.3. The van der Waals surface area contributed by atoms with Crippen molar-refractivity contribution >= 4 is 45.7 Å². The molecule has 0 radical (unpaired) electrons. The molecule has 3 rings (SSSR count). The number of amides is 3. The number of urea groups is 1. The minimum atomic E-state index is -0.731. The van der Waals surface area contributed by atoms with Crippen molar-refractivity contribution in [3.63, 3.8) is 0 Å². The smallest absolute Gasteiger partial charge is 0.319 e. The van der Waals surface area contributed by atoms with Gasteiger partial charge in [-0.3, -0.25) is 10.1 Å². The molecule has 9 heteroatoms. The molecule has 3 amide bonds. The highest BCUT2D eigenvalue weighted by Gasteiger charge is 2.27. The van der Waals surface area contributed by atoms with Crippen LogP contribution in [0.5, 0.6) is 0 Å². The lowest BCUT2D eigenvalue weighted by Gasteiger charge is -2.23. The molecule has 0 unspecified atom stereocenters. The highest BCUT2D eigenvalue weighted by molar-refractivity contribution is 7.18. The Balaban J connectivity index is 1.68. The molecule has 3 aromatic rings. The summed E-state index contributed by atoms with van der Waals surface area (Å²) in [6.45, 7) is 7.87. The van der Waals surface area contributed by atoms with Crippen LogP contribution in [0.1, 0.15) is 31.4 Å². The maximum Gasteiger partial charge on any atom is 0.319 e. The Morgan fingerprint density at radius 3 is 2.53 bits per heavy atom. The topological polar surface area (TPSA) is 96.0 Å². The molecule has 32 heavy (non-hydrogen) atoms. The lowest BCUT2D eigenvalue weighted by atomic mass is 9.98. The molecule has 3 N–H and O–H groups in total. The quantitative estimate of drug-likeness (QED) is 0.414. The molecule has 0 saturated heterocycles. The van der Waals surface area contributed by atoms with E-state index < -0.39 is 12.1 Å². The van der Waals surface area contributed by atoms with Gasteiger partial charge in [-0.05, 0) is 55.2 Å². The Bertz CT molecular complexity index is 1120. The summed E-state index contributed by atoms with van der Waals surface area (Å²) in [6.07, 6.45) is 0.714. The van der Waals surface area contributed by atoms with Crippen LogP contribution in [0, 0.1) is 19.8 Å². The van der Waals surface area contributed by atoms with Gasteiger partial charge in [0.1, 0.15) is 11.0 Å². The summed E-state index contributed by atoms with van der Waals surface area (Å²) in [4.78, 5) is 25.5. The summed E-state index contributed by atoms with van der Waals surface area (Å²) in [5.41, 5.74) is 3.71. The van der Waals surface area contributed by atoms with Gasteiger partial charge in [0.25, 0.3) is 0 Å². The molecule has 0 aliphatic heterocycles. The Morgan fingerprint density at radius 1 is 1.06 bits per heavy atom. The van der Waals surface area contributed by atoms with E-state index in [1.807, 2.05) is 58.0 Å². The summed E-state index contributed by atoms with van der Waals surface area (Å²) in [5.74, 6) is -0.427. The lowest BCUT2D eigenvalue weighted by molar-refractivity contribution is -0.119. The Kier molecular flexibility index (Phi) is 7.82. The second kappa shape index (κ2) is 10.6. The molecule has 0 aliphatic carbocycles. The van der Waals surface area contributed by atoms with Gasteiger partial charge in [-0.2, -0.15) is 0 Å². The molecule has 1 heterocycles. The summed E-state index contributed by atoms with van der Waals surface area (Å²) in [7, 11) is 0.